The Balaban J connectivity index is 2.00. The number of carbonyl (C=O) groups is 2. The minimum Gasteiger partial charge on any atom is -0.497 e. The molecule has 0 atom stereocenters. The lowest BCUT2D eigenvalue weighted by atomic mass is 9.94. The van der Waals surface area contributed by atoms with Gasteiger partial charge in [0, 0.05) is 16.5 Å². The Morgan fingerprint density at radius 3 is 2.20 bits per heavy atom. The largest absolute Gasteiger partial charge is 0.497 e. The van der Waals surface area contributed by atoms with Crippen molar-refractivity contribution in [3.63, 3.8) is 0 Å². The molecule has 2 aromatic carbocycles. The molecule has 0 fully saturated rings. The third kappa shape index (κ3) is 4.15. The number of fused-ring (bicyclic) bond motifs is 1. The minimum atomic E-state index is -0.560. The summed E-state index contributed by atoms with van der Waals surface area (Å²) in [6.45, 7) is 1.72. The summed E-state index contributed by atoms with van der Waals surface area (Å²) in [4.78, 5) is 31.7. The first-order valence-electron chi connectivity index (χ1n) is 10.6. The first kappa shape index (κ1) is 24.0. The van der Waals surface area contributed by atoms with Crippen LogP contribution >= 0.6 is 11.3 Å². The number of aromatic nitrogens is 1. The zero-order valence-electron chi connectivity index (χ0n) is 19.9. The maximum absolute atomic E-state index is 13.4. The van der Waals surface area contributed by atoms with Crippen molar-refractivity contribution < 1.29 is 28.5 Å². The molecular weight excluding hydrogens is 468 g/mol. The highest BCUT2D eigenvalue weighted by atomic mass is 32.1. The number of thiophene rings is 1. The van der Waals surface area contributed by atoms with E-state index in [1.807, 2.05) is 0 Å². The highest BCUT2D eigenvalue weighted by Crippen LogP contribution is 2.44. The SMILES string of the molecule is COC(=O)c1c(C)nc2sc(C(=O)c3ccc(OC)cc3)c(N)c2c1-c1ccc(OC)c(OC)c1. The number of nitrogens with zero attached hydrogens (tertiary/aromatic N) is 1. The molecular formula is C26H24N2O6S. The highest BCUT2D eigenvalue weighted by Gasteiger charge is 2.28. The first-order chi connectivity index (χ1) is 16.8. The van der Waals surface area contributed by atoms with Crippen LogP contribution in [-0.4, -0.2) is 45.2 Å². The van der Waals surface area contributed by atoms with Gasteiger partial charge in [-0.3, -0.25) is 4.79 Å². The number of pyridine rings is 1. The Kier molecular flexibility index (Phi) is 6.61. The Morgan fingerprint density at radius 2 is 1.60 bits per heavy atom. The van der Waals surface area contributed by atoms with E-state index in [4.69, 9.17) is 24.7 Å². The lowest BCUT2D eigenvalue weighted by Crippen LogP contribution is -2.09. The van der Waals surface area contributed by atoms with Crippen molar-refractivity contribution in [3.8, 4) is 28.4 Å². The van der Waals surface area contributed by atoms with E-state index in [-0.39, 0.29) is 17.0 Å². The number of rotatable bonds is 7. The summed E-state index contributed by atoms with van der Waals surface area (Å²) >= 11 is 1.18. The number of methoxy groups -OCH3 is 4. The molecule has 0 aliphatic rings. The monoisotopic (exact) mass is 492 g/mol. The van der Waals surface area contributed by atoms with E-state index in [0.29, 0.717) is 54.7 Å². The molecule has 0 radical (unpaired) electrons. The molecule has 2 N–H and O–H groups in total. The molecule has 4 aromatic rings. The van der Waals surface area contributed by atoms with Crippen molar-refractivity contribution in [3.05, 3.63) is 64.2 Å². The van der Waals surface area contributed by atoms with Crippen molar-refractivity contribution in [1.29, 1.82) is 0 Å². The molecule has 0 amide bonds. The maximum atomic E-state index is 13.4. The van der Waals surface area contributed by atoms with Crippen LogP contribution in [0.4, 0.5) is 5.69 Å². The number of hydrogen-bond acceptors (Lipinski definition) is 9. The van der Waals surface area contributed by atoms with Crippen LogP contribution in [0.1, 0.15) is 31.3 Å². The molecule has 0 unspecified atom stereocenters. The smallest absolute Gasteiger partial charge is 0.340 e. The number of esters is 1. The fourth-order valence-electron chi connectivity index (χ4n) is 3.94. The van der Waals surface area contributed by atoms with Crippen LogP contribution in [0.3, 0.4) is 0 Å². The van der Waals surface area contributed by atoms with Crippen molar-refractivity contribution in [1.82, 2.24) is 4.98 Å². The van der Waals surface area contributed by atoms with Crippen molar-refractivity contribution >= 4 is 39.0 Å². The van der Waals surface area contributed by atoms with Crippen LogP contribution in [0, 0.1) is 6.92 Å². The molecule has 180 valence electrons. The van der Waals surface area contributed by atoms with Crippen LogP contribution in [0.25, 0.3) is 21.3 Å². The van der Waals surface area contributed by atoms with Gasteiger partial charge in [0.25, 0.3) is 0 Å². The summed E-state index contributed by atoms with van der Waals surface area (Å²) < 4.78 is 21.1. The second kappa shape index (κ2) is 9.63. The van der Waals surface area contributed by atoms with Crippen molar-refractivity contribution in [2.45, 2.75) is 6.92 Å². The molecule has 0 aliphatic carbocycles. The van der Waals surface area contributed by atoms with Gasteiger partial charge >= 0.3 is 5.97 Å². The average molecular weight is 493 g/mol. The van der Waals surface area contributed by atoms with E-state index in [0.717, 1.165) is 0 Å². The number of ketones is 1. The van der Waals surface area contributed by atoms with E-state index >= 15 is 0 Å². The molecule has 0 saturated heterocycles. The van der Waals surface area contributed by atoms with Crippen LogP contribution < -0.4 is 19.9 Å². The average Bonchev–Trinajstić information content (AvgIpc) is 3.21. The molecule has 35 heavy (non-hydrogen) atoms. The molecule has 2 heterocycles. The third-order valence-electron chi connectivity index (χ3n) is 5.68. The minimum absolute atomic E-state index is 0.244. The summed E-state index contributed by atoms with van der Waals surface area (Å²) in [6.07, 6.45) is 0. The summed E-state index contributed by atoms with van der Waals surface area (Å²) in [5.74, 6) is 0.846. The van der Waals surface area contributed by atoms with Gasteiger partial charge in [0.15, 0.2) is 11.5 Å². The van der Waals surface area contributed by atoms with Gasteiger partial charge in [-0.2, -0.15) is 0 Å². The number of aryl methyl sites for hydroxylation is 1. The van der Waals surface area contributed by atoms with Crippen LogP contribution in [0.2, 0.25) is 0 Å². The lowest BCUT2D eigenvalue weighted by molar-refractivity contribution is 0.0600. The molecule has 0 aliphatic heterocycles. The number of hydrogen-bond donors (Lipinski definition) is 1. The van der Waals surface area contributed by atoms with E-state index in [9.17, 15) is 9.59 Å². The van der Waals surface area contributed by atoms with Crippen LogP contribution in [0.5, 0.6) is 17.2 Å². The van der Waals surface area contributed by atoms with Gasteiger partial charge in [0.2, 0.25) is 5.78 Å². The quantitative estimate of drug-likeness (QED) is 0.287. The molecule has 9 heteroatoms. The molecule has 0 saturated carbocycles. The van der Waals surface area contributed by atoms with Crippen LogP contribution in [-0.2, 0) is 4.74 Å². The van der Waals surface area contributed by atoms with E-state index < -0.39 is 5.97 Å². The molecule has 0 spiro atoms. The van der Waals surface area contributed by atoms with Gasteiger partial charge in [-0.1, -0.05) is 6.07 Å². The van der Waals surface area contributed by atoms with Gasteiger partial charge in [-0.05, 0) is 48.9 Å². The number of ether oxygens (including phenoxy) is 4. The van der Waals surface area contributed by atoms with Crippen molar-refractivity contribution in [2.75, 3.05) is 34.2 Å². The fraction of sp³-hybridized carbons (Fsp3) is 0.192. The van der Waals surface area contributed by atoms with E-state index in [1.54, 1.807) is 63.6 Å². The Hall–Kier alpha value is -4.11. The number of carbonyl (C=O) groups excluding carboxylic acids is 2. The standard InChI is InChI=1S/C26H24N2O6S/c1-13-19(26(30)34-5)20(15-8-11-17(32-3)18(12-15)33-4)21-22(27)24(35-25(21)28-13)23(29)14-6-9-16(31-2)10-7-14/h6-12H,27H2,1-5H3. The summed E-state index contributed by atoms with van der Waals surface area (Å²) in [5.41, 5.74) is 9.16. The van der Waals surface area contributed by atoms with Crippen LogP contribution in [0.15, 0.2) is 42.5 Å². The van der Waals surface area contributed by atoms with Gasteiger partial charge in [0.1, 0.15) is 15.5 Å². The second-order valence-electron chi connectivity index (χ2n) is 7.59. The topological polar surface area (TPSA) is 110 Å². The Morgan fingerprint density at radius 1 is 0.914 bits per heavy atom. The van der Waals surface area contributed by atoms with Gasteiger partial charge in [-0.15, -0.1) is 11.3 Å². The van der Waals surface area contributed by atoms with E-state index in [2.05, 4.69) is 4.98 Å². The number of benzene rings is 2. The van der Waals surface area contributed by atoms with Crippen molar-refractivity contribution in [2.24, 2.45) is 0 Å². The Bertz CT molecular complexity index is 1440. The third-order valence-corrected chi connectivity index (χ3v) is 6.78. The summed E-state index contributed by atoms with van der Waals surface area (Å²) in [7, 11) is 5.93. The second-order valence-corrected chi connectivity index (χ2v) is 8.59. The zero-order valence-corrected chi connectivity index (χ0v) is 20.7. The normalized spacial score (nSPS) is 10.8. The molecule has 4 rings (SSSR count). The maximum Gasteiger partial charge on any atom is 0.340 e. The first-order valence-corrected chi connectivity index (χ1v) is 11.4. The van der Waals surface area contributed by atoms with Gasteiger partial charge < -0.3 is 24.7 Å². The molecule has 8 nitrogen and oxygen atoms in total. The predicted molar refractivity (Wildman–Crippen MR) is 135 cm³/mol. The summed E-state index contributed by atoms with van der Waals surface area (Å²) in [5, 5.41) is 0.505. The van der Waals surface area contributed by atoms with Gasteiger partial charge in [0.05, 0.1) is 45.4 Å². The zero-order chi connectivity index (χ0) is 25.3. The number of anilines is 1. The fourth-order valence-corrected chi connectivity index (χ4v) is 5.05. The highest BCUT2D eigenvalue weighted by molar-refractivity contribution is 7.21. The predicted octanol–water partition coefficient (Wildman–Crippen LogP) is 4.90. The Labute approximate surface area is 206 Å². The molecule has 0 bridgehead atoms. The van der Waals surface area contributed by atoms with E-state index in [1.165, 1.54) is 25.6 Å². The number of nitrogens with two attached hydrogens (primary N) is 1. The number of nitrogen functional groups attached to an aromatic ring is 1. The summed E-state index contributed by atoms with van der Waals surface area (Å²) in [6, 6.07) is 12.1. The molecule has 2 aromatic heterocycles. The lowest BCUT2D eigenvalue weighted by Gasteiger charge is -2.15. The van der Waals surface area contributed by atoms with Gasteiger partial charge in [-0.25, -0.2) is 9.78 Å².